The van der Waals surface area contributed by atoms with Crippen LogP contribution in [-0.4, -0.2) is 26.5 Å². The molecule has 1 unspecified atom stereocenters. The first kappa shape index (κ1) is 16.4. The Morgan fingerprint density at radius 2 is 2.12 bits per heavy atom. The van der Waals surface area contributed by atoms with E-state index in [4.69, 9.17) is 0 Å². The average molecular weight is 330 g/mol. The van der Waals surface area contributed by atoms with E-state index in [0.717, 1.165) is 19.3 Å². The van der Waals surface area contributed by atoms with Gasteiger partial charge in [-0.3, -0.25) is 19.1 Å². The molecule has 1 aliphatic rings. The second-order valence-electron chi connectivity index (χ2n) is 6.69. The lowest BCUT2D eigenvalue weighted by molar-refractivity contribution is 0.0924. The lowest BCUT2D eigenvalue weighted by Crippen LogP contribution is -2.38. The van der Waals surface area contributed by atoms with Gasteiger partial charge in [0.25, 0.3) is 11.5 Å². The number of hydrogen-bond donors (Lipinski definition) is 2. The predicted molar refractivity (Wildman–Crippen MR) is 91.3 cm³/mol. The number of aromatic amines is 1. The van der Waals surface area contributed by atoms with Crippen LogP contribution in [0.25, 0.3) is 11.0 Å². The second kappa shape index (κ2) is 6.22. The van der Waals surface area contributed by atoms with E-state index in [1.54, 1.807) is 0 Å². The van der Waals surface area contributed by atoms with Gasteiger partial charge in [-0.15, -0.1) is 0 Å². The summed E-state index contributed by atoms with van der Waals surface area (Å²) in [6, 6.07) is 1.67. The number of nitrogens with zero attached hydrogens (tertiary/aromatic N) is 2. The van der Waals surface area contributed by atoms with Crippen molar-refractivity contribution in [3.63, 3.8) is 0 Å². The number of rotatable bonds is 5. The molecule has 0 saturated heterocycles. The number of amides is 1. The van der Waals surface area contributed by atoms with E-state index < -0.39 is 11.2 Å². The van der Waals surface area contributed by atoms with Gasteiger partial charge in [-0.25, -0.2) is 9.78 Å². The zero-order valence-electron chi connectivity index (χ0n) is 14.1. The summed E-state index contributed by atoms with van der Waals surface area (Å²) in [4.78, 5) is 43.1. The lowest BCUT2D eigenvalue weighted by atomic mass is 10.0. The third-order valence-corrected chi connectivity index (χ3v) is 4.51. The molecular formula is C17H22N4O3. The molecule has 0 bridgehead atoms. The Bertz CT molecular complexity index is 893. The Hall–Kier alpha value is -2.44. The van der Waals surface area contributed by atoms with Gasteiger partial charge in [0, 0.05) is 18.3 Å². The van der Waals surface area contributed by atoms with Gasteiger partial charge in [-0.1, -0.05) is 20.8 Å². The van der Waals surface area contributed by atoms with Crippen LogP contribution >= 0.6 is 0 Å². The number of aromatic nitrogens is 3. The number of nitrogens with one attached hydrogen (secondary N) is 2. The zero-order chi connectivity index (χ0) is 17.4. The van der Waals surface area contributed by atoms with Gasteiger partial charge >= 0.3 is 5.69 Å². The Kier molecular flexibility index (Phi) is 4.26. The fourth-order valence-corrected chi connectivity index (χ4v) is 2.92. The summed E-state index contributed by atoms with van der Waals surface area (Å²) < 4.78 is 1.52. The quantitative estimate of drug-likeness (QED) is 0.870. The molecule has 1 atom stereocenters. The van der Waals surface area contributed by atoms with E-state index in [1.165, 1.54) is 16.8 Å². The molecule has 7 nitrogen and oxygen atoms in total. The summed E-state index contributed by atoms with van der Waals surface area (Å²) in [6.45, 7) is 6.11. The van der Waals surface area contributed by atoms with Crippen molar-refractivity contribution in [2.75, 3.05) is 0 Å². The minimum absolute atomic E-state index is 0.0619. The van der Waals surface area contributed by atoms with Crippen molar-refractivity contribution >= 4 is 16.9 Å². The van der Waals surface area contributed by atoms with Gasteiger partial charge in [0.05, 0.1) is 10.9 Å². The summed E-state index contributed by atoms with van der Waals surface area (Å²) in [5.74, 6) is 0.0596. The van der Waals surface area contributed by atoms with Gasteiger partial charge < -0.3 is 5.32 Å². The largest absolute Gasteiger partial charge is 0.349 e. The maximum Gasteiger partial charge on any atom is 0.330 e. The van der Waals surface area contributed by atoms with E-state index in [2.05, 4.69) is 15.3 Å². The van der Waals surface area contributed by atoms with Crippen LogP contribution < -0.4 is 16.6 Å². The zero-order valence-corrected chi connectivity index (χ0v) is 14.1. The summed E-state index contributed by atoms with van der Waals surface area (Å²) in [5.41, 5.74) is -0.276. The van der Waals surface area contributed by atoms with E-state index in [-0.39, 0.29) is 23.4 Å². The summed E-state index contributed by atoms with van der Waals surface area (Å²) in [6.07, 6.45) is 4.06. The third kappa shape index (κ3) is 2.98. The summed E-state index contributed by atoms with van der Waals surface area (Å²) in [5, 5.41) is 3.24. The number of carbonyl (C=O) groups excluding carboxylic acids is 1. The minimum atomic E-state index is -0.509. The summed E-state index contributed by atoms with van der Waals surface area (Å²) >= 11 is 0. The van der Waals surface area contributed by atoms with E-state index in [1.807, 2.05) is 20.8 Å². The van der Waals surface area contributed by atoms with Crippen LogP contribution in [0.1, 0.15) is 56.4 Å². The van der Waals surface area contributed by atoms with E-state index in [0.29, 0.717) is 17.1 Å². The van der Waals surface area contributed by atoms with E-state index in [9.17, 15) is 14.4 Å². The van der Waals surface area contributed by atoms with Crippen molar-refractivity contribution in [3.8, 4) is 0 Å². The highest BCUT2D eigenvalue weighted by Gasteiger charge is 2.28. The molecule has 24 heavy (non-hydrogen) atoms. The first-order chi connectivity index (χ1) is 11.4. The molecule has 3 rings (SSSR count). The molecule has 128 valence electrons. The van der Waals surface area contributed by atoms with Gasteiger partial charge in [0.15, 0.2) is 0 Å². The van der Waals surface area contributed by atoms with Gasteiger partial charge in [0.1, 0.15) is 5.65 Å². The highest BCUT2D eigenvalue weighted by atomic mass is 16.2. The Labute approximate surface area is 139 Å². The van der Waals surface area contributed by atoms with Crippen LogP contribution in [0.3, 0.4) is 0 Å². The minimum Gasteiger partial charge on any atom is -0.349 e. The molecule has 1 amide bonds. The molecular weight excluding hydrogens is 308 g/mol. The molecule has 0 spiro atoms. The van der Waals surface area contributed by atoms with Crippen molar-refractivity contribution in [2.45, 2.75) is 52.1 Å². The monoisotopic (exact) mass is 330 g/mol. The molecule has 2 aromatic rings. The SMILES string of the molecule is CCC(NC(=O)c1cnc2c(c1)c(=O)[nH]c(=O)n2C1CC1)C(C)C. The number of hydrogen-bond acceptors (Lipinski definition) is 4. The molecule has 0 radical (unpaired) electrons. The van der Waals surface area contributed by atoms with Gasteiger partial charge in [-0.05, 0) is 31.2 Å². The Balaban J connectivity index is 2.01. The summed E-state index contributed by atoms with van der Waals surface area (Å²) in [7, 11) is 0. The molecule has 0 aliphatic heterocycles. The molecule has 7 heteroatoms. The first-order valence-corrected chi connectivity index (χ1v) is 8.37. The van der Waals surface area contributed by atoms with E-state index >= 15 is 0 Å². The third-order valence-electron chi connectivity index (χ3n) is 4.51. The van der Waals surface area contributed by atoms with Crippen molar-refractivity contribution in [3.05, 3.63) is 38.7 Å². The van der Waals surface area contributed by atoms with Crippen LogP contribution in [0.5, 0.6) is 0 Å². The van der Waals surface area contributed by atoms with Crippen molar-refractivity contribution in [2.24, 2.45) is 5.92 Å². The number of H-pyrrole nitrogens is 1. The number of pyridine rings is 1. The standard InChI is InChI=1S/C17H22N4O3/c1-4-13(9(2)3)19-15(22)10-7-12-14(18-8-10)21(11-5-6-11)17(24)20-16(12)23/h7-9,11,13H,4-6H2,1-3H3,(H,19,22)(H,20,23,24). The average Bonchev–Trinajstić information content (AvgIpc) is 3.36. The molecule has 2 heterocycles. The second-order valence-corrected chi connectivity index (χ2v) is 6.69. The van der Waals surface area contributed by atoms with Crippen LogP contribution in [0, 0.1) is 5.92 Å². The molecule has 1 saturated carbocycles. The Morgan fingerprint density at radius 1 is 1.42 bits per heavy atom. The van der Waals surface area contributed by atoms with Crippen molar-refractivity contribution in [1.29, 1.82) is 0 Å². The predicted octanol–water partition coefficient (Wildman–Crippen LogP) is 1.58. The highest BCUT2D eigenvalue weighted by molar-refractivity contribution is 5.96. The fraction of sp³-hybridized carbons (Fsp3) is 0.529. The Morgan fingerprint density at radius 3 is 2.71 bits per heavy atom. The maximum absolute atomic E-state index is 12.4. The van der Waals surface area contributed by atoms with Gasteiger partial charge in [0.2, 0.25) is 0 Å². The van der Waals surface area contributed by atoms with Crippen LogP contribution in [-0.2, 0) is 0 Å². The highest BCUT2D eigenvalue weighted by Crippen LogP contribution is 2.34. The number of fused-ring (bicyclic) bond motifs is 1. The number of carbonyl (C=O) groups is 1. The fourth-order valence-electron chi connectivity index (χ4n) is 2.92. The van der Waals surface area contributed by atoms with Crippen LogP contribution in [0.15, 0.2) is 21.9 Å². The first-order valence-electron chi connectivity index (χ1n) is 8.37. The topological polar surface area (TPSA) is 96.8 Å². The lowest BCUT2D eigenvalue weighted by Gasteiger charge is -2.20. The molecule has 1 aliphatic carbocycles. The normalized spacial score (nSPS) is 15.7. The van der Waals surface area contributed by atoms with Crippen molar-refractivity contribution in [1.82, 2.24) is 19.9 Å². The molecule has 1 fully saturated rings. The maximum atomic E-state index is 12.4. The molecule has 2 N–H and O–H groups in total. The molecule has 2 aromatic heterocycles. The molecule has 0 aromatic carbocycles. The van der Waals surface area contributed by atoms with Crippen molar-refractivity contribution < 1.29 is 4.79 Å². The smallest absolute Gasteiger partial charge is 0.330 e. The van der Waals surface area contributed by atoms with Gasteiger partial charge in [-0.2, -0.15) is 0 Å². The van der Waals surface area contributed by atoms with Crippen LogP contribution in [0.4, 0.5) is 0 Å². The van der Waals surface area contributed by atoms with Crippen LogP contribution in [0.2, 0.25) is 0 Å².